The van der Waals surface area contributed by atoms with Gasteiger partial charge < -0.3 is 14.5 Å². The van der Waals surface area contributed by atoms with Gasteiger partial charge >= 0.3 is 0 Å². The smallest absolute Gasteiger partial charge is 0.254 e. The van der Waals surface area contributed by atoms with Crippen molar-refractivity contribution in [3.05, 3.63) is 88.9 Å². The van der Waals surface area contributed by atoms with Gasteiger partial charge in [0.2, 0.25) is 0 Å². The first-order chi connectivity index (χ1) is 16.1. The zero-order valence-electron chi connectivity index (χ0n) is 18.4. The molecule has 1 fully saturated rings. The Morgan fingerprint density at radius 2 is 1.64 bits per heavy atom. The summed E-state index contributed by atoms with van der Waals surface area (Å²) < 4.78 is 6.19. The molecule has 0 saturated carbocycles. The van der Waals surface area contributed by atoms with Gasteiger partial charge in [-0.2, -0.15) is 0 Å². The van der Waals surface area contributed by atoms with Crippen molar-refractivity contribution < 1.29 is 9.53 Å². The van der Waals surface area contributed by atoms with E-state index < -0.39 is 0 Å². The number of pyridine rings is 1. The summed E-state index contributed by atoms with van der Waals surface area (Å²) in [6, 6.07) is 25.9. The number of hydrogen-bond acceptors (Lipinski definition) is 4. The molecule has 1 amide bonds. The number of halogens is 1. The van der Waals surface area contributed by atoms with Crippen LogP contribution in [0.5, 0.6) is 5.75 Å². The number of ether oxygens (including phenoxy) is 1. The van der Waals surface area contributed by atoms with Crippen molar-refractivity contribution in [3.63, 3.8) is 0 Å². The third-order valence-corrected chi connectivity index (χ3v) is 6.57. The highest BCUT2D eigenvalue weighted by Crippen LogP contribution is 2.29. The number of nitrogens with zero attached hydrogens (tertiary/aromatic N) is 3. The molecule has 5 rings (SSSR count). The molecule has 3 aromatic carbocycles. The fraction of sp³-hybridized carbons (Fsp3) is 0.185. The molecule has 33 heavy (non-hydrogen) atoms. The second-order valence-electron chi connectivity index (χ2n) is 8.06. The Morgan fingerprint density at radius 1 is 0.909 bits per heavy atom. The van der Waals surface area contributed by atoms with Crippen LogP contribution in [0.4, 0.5) is 5.69 Å². The van der Waals surface area contributed by atoms with Gasteiger partial charge in [-0.1, -0.05) is 46.3 Å². The number of hydrogen-bond donors (Lipinski definition) is 0. The highest BCUT2D eigenvalue weighted by Gasteiger charge is 2.24. The number of amides is 1. The predicted octanol–water partition coefficient (Wildman–Crippen LogP) is 5.64. The predicted molar refractivity (Wildman–Crippen MR) is 136 cm³/mol. The molecular weight excluding hydrogens is 478 g/mol. The molecule has 0 bridgehead atoms. The second kappa shape index (κ2) is 9.24. The van der Waals surface area contributed by atoms with E-state index >= 15 is 0 Å². The van der Waals surface area contributed by atoms with Crippen molar-refractivity contribution in [2.75, 3.05) is 38.2 Å². The molecule has 1 aliphatic rings. The molecule has 0 aliphatic carbocycles. The van der Waals surface area contributed by atoms with Gasteiger partial charge in [0.25, 0.3) is 5.91 Å². The summed E-state index contributed by atoms with van der Waals surface area (Å²) in [7, 11) is 1.67. The molecule has 6 heteroatoms. The lowest BCUT2D eigenvalue weighted by atomic mass is 10.0. The largest absolute Gasteiger partial charge is 0.497 e. The van der Waals surface area contributed by atoms with Crippen LogP contribution in [0.1, 0.15) is 10.4 Å². The van der Waals surface area contributed by atoms with E-state index in [0.717, 1.165) is 51.2 Å². The van der Waals surface area contributed by atoms with E-state index in [-0.39, 0.29) is 5.91 Å². The maximum Gasteiger partial charge on any atom is 0.254 e. The molecule has 4 aromatic rings. The van der Waals surface area contributed by atoms with Crippen LogP contribution in [0.3, 0.4) is 0 Å². The average Bonchev–Trinajstić information content (AvgIpc) is 2.88. The van der Waals surface area contributed by atoms with Crippen LogP contribution in [0.25, 0.3) is 22.2 Å². The van der Waals surface area contributed by atoms with Crippen molar-refractivity contribution in [2.24, 2.45) is 0 Å². The molecule has 0 spiro atoms. The Labute approximate surface area is 201 Å². The SMILES string of the molecule is COc1ccc(N2CCN(C(=O)c3cc(-c4ccccc4)nc4ccc(Br)cc34)CC2)cc1. The van der Waals surface area contributed by atoms with E-state index in [2.05, 4.69) is 33.0 Å². The van der Waals surface area contributed by atoms with Crippen LogP contribution >= 0.6 is 15.9 Å². The topological polar surface area (TPSA) is 45.7 Å². The summed E-state index contributed by atoms with van der Waals surface area (Å²) in [4.78, 5) is 22.8. The third kappa shape index (κ3) is 4.44. The molecule has 5 nitrogen and oxygen atoms in total. The minimum absolute atomic E-state index is 0.0482. The van der Waals surface area contributed by atoms with Gasteiger partial charge in [0.05, 0.1) is 23.9 Å². The number of fused-ring (bicyclic) bond motifs is 1. The summed E-state index contributed by atoms with van der Waals surface area (Å²) in [6.07, 6.45) is 0. The van der Waals surface area contributed by atoms with Crippen molar-refractivity contribution in [1.29, 1.82) is 0 Å². The van der Waals surface area contributed by atoms with Gasteiger partial charge in [0.1, 0.15) is 5.75 Å². The standard InChI is InChI=1S/C27H24BrN3O2/c1-33-22-10-8-21(9-11-22)30-13-15-31(16-14-30)27(32)24-18-26(19-5-3-2-4-6-19)29-25-12-7-20(28)17-23(24)25/h2-12,17-18H,13-16H2,1H3. The average molecular weight is 502 g/mol. The Balaban J connectivity index is 1.42. The molecule has 0 N–H and O–H groups in total. The van der Waals surface area contributed by atoms with Crippen LogP contribution in [0, 0.1) is 0 Å². The first kappa shape index (κ1) is 21.5. The third-order valence-electron chi connectivity index (χ3n) is 6.08. The van der Waals surface area contributed by atoms with E-state index in [0.29, 0.717) is 18.7 Å². The zero-order valence-corrected chi connectivity index (χ0v) is 20.0. The zero-order chi connectivity index (χ0) is 22.8. The number of carbonyl (C=O) groups is 1. The van der Waals surface area contributed by atoms with Crippen molar-refractivity contribution in [2.45, 2.75) is 0 Å². The molecule has 0 atom stereocenters. The Kier molecular flexibility index (Phi) is 6.01. The molecule has 1 saturated heterocycles. The number of anilines is 1. The van der Waals surface area contributed by atoms with Crippen LogP contribution in [0.15, 0.2) is 83.3 Å². The first-order valence-electron chi connectivity index (χ1n) is 11.0. The van der Waals surface area contributed by atoms with Crippen LogP contribution < -0.4 is 9.64 Å². The molecular formula is C27H24BrN3O2. The number of benzene rings is 3. The summed E-state index contributed by atoms with van der Waals surface area (Å²) >= 11 is 3.55. The quantitative estimate of drug-likeness (QED) is 0.363. The van der Waals surface area contributed by atoms with Gasteiger partial charge in [-0.15, -0.1) is 0 Å². The fourth-order valence-electron chi connectivity index (χ4n) is 4.26. The number of aromatic nitrogens is 1. The van der Waals surface area contributed by atoms with Gasteiger partial charge in [0, 0.05) is 47.3 Å². The number of methoxy groups -OCH3 is 1. The maximum absolute atomic E-state index is 13.7. The van der Waals surface area contributed by atoms with E-state index in [4.69, 9.17) is 9.72 Å². The lowest BCUT2D eigenvalue weighted by molar-refractivity contribution is 0.0748. The van der Waals surface area contributed by atoms with E-state index in [1.165, 1.54) is 0 Å². The first-order valence-corrected chi connectivity index (χ1v) is 11.8. The molecule has 166 valence electrons. The summed E-state index contributed by atoms with van der Waals surface area (Å²) in [5.41, 5.74) is 4.47. The summed E-state index contributed by atoms with van der Waals surface area (Å²) in [6.45, 7) is 2.92. The lowest BCUT2D eigenvalue weighted by Gasteiger charge is -2.36. The lowest BCUT2D eigenvalue weighted by Crippen LogP contribution is -2.48. The van der Waals surface area contributed by atoms with E-state index in [1.807, 2.05) is 71.6 Å². The molecule has 2 heterocycles. The minimum atomic E-state index is 0.0482. The van der Waals surface area contributed by atoms with Crippen molar-refractivity contribution in [3.8, 4) is 17.0 Å². The Bertz CT molecular complexity index is 1280. The minimum Gasteiger partial charge on any atom is -0.497 e. The van der Waals surface area contributed by atoms with Gasteiger partial charge in [-0.3, -0.25) is 4.79 Å². The van der Waals surface area contributed by atoms with E-state index in [1.54, 1.807) is 7.11 Å². The fourth-order valence-corrected chi connectivity index (χ4v) is 4.62. The normalized spacial score (nSPS) is 13.9. The van der Waals surface area contributed by atoms with Crippen molar-refractivity contribution >= 4 is 38.4 Å². The monoisotopic (exact) mass is 501 g/mol. The van der Waals surface area contributed by atoms with Gasteiger partial charge in [-0.05, 0) is 48.5 Å². The summed E-state index contributed by atoms with van der Waals surface area (Å²) in [5.74, 6) is 0.893. The molecule has 1 aliphatic heterocycles. The van der Waals surface area contributed by atoms with Crippen LogP contribution in [-0.4, -0.2) is 49.1 Å². The van der Waals surface area contributed by atoms with Crippen LogP contribution in [-0.2, 0) is 0 Å². The van der Waals surface area contributed by atoms with Gasteiger partial charge in [-0.25, -0.2) is 4.98 Å². The number of piperazine rings is 1. The van der Waals surface area contributed by atoms with Crippen molar-refractivity contribution in [1.82, 2.24) is 9.88 Å². The van der Waals surface area contributed by atoms with Gasteiger partial charge in [0.15, 0.2) is 0 Å². The highest BCUT2D eigenvalue weighted by molar-refractivity contribution is 9.10. The second-order valence-corrected chi connectivity index (χ2v) is 8.98. The number of rotatable bonds is 4. The molecule has 0 radical (unpaired) electrons. The highest BCUT2D eigenvalue weighted by atomic mass is 79.9. The van der Waals surface area contributed by atoms with E-state index in [9.17, 15) is 4.79 Å². The molecule has 0 unspecified atom stereocenters. The Hall–Kier alpha value is -3.38. The van der Waals surface area contributed by atoms with Crippen LogP contribution in [0.2, 0.25) is 0 Å². The number of carbonyl (C=O) groups excluding carboxylic acids is 1. The Morgan fingerprint density at radius 3 is 2.33 bits per heavy atom. The summed E-state index contributed by atoms with van der Waals surface area (Å²) in [5, 5.41) is 0.867. The maximum atomic E-state index is 13.7. The molecule has 1 aromatic heterocycles.